The second kappa shape index (κ2) is 4.76. The summed E-state index contributed by atoms with van der Waals surface area (Å²) in [5.41, 5.74) is 6.50. The number of hydrogen-bond donors (Lipinski definition) is 1. The molecule has 0 aliphatic rings. The molecule has 2 aromatic rings. The molecular formula is C11H14N4O. The van der Waals surface area contributed by atoms with E-state index >= 15 is 0 Å². The van der Waals surface area contributed by atoms with E-state index in [1.54, 1.807) is 13.4 Å². The van der Waals surface area contributed by atoms with Gasteiger partial charge in [-0.3, -0.25) is 4.57 Å². The lowest BCUT2D eigenvalue weighted by molar-refractivity contribution is 0.414. The van der Waals surface area contributed by atoms with E-state index in [1.807, 2.05) is 28.8 Å². The van der Waals surface area contributed by atoms with Crippen LogP contribution in [0.2, 0.25) is 0 Å². The van der Waals surface area contributed by atoms with Gasteiger partial charge < -0.3 is 10.5 Å². The van der Waals surface area contributed by atoms with Crippen LogP contribution >= 0.6 is 0 Å². The van der Waals surface area contributed by atoms with Crippen LogP contribution in [0.4, 0.5) is 0 Å². The number of ether oxygens (including phenoxy) is 1. The molecule has 0 aliphatic carbocycles. The molecule has 0 amide bonds. The molecule has 0 fully saturated rings. The van der Waals surface area contributed by atoms with Gasteiger partial charge in [-0.15, -0.1) is 10.2 Å². The van der Waals surface area contributed by atoms with Gasteiger partial charge in [0.15, 0.2) is 0 Å². The van der Waals surface area contributed by atoms with E-state index in [-0.39, 0.29) is 0 Å². The summed E-state index contributed by atoms with van der Waals surface area (Å²) in [6.07, 6.45) is 2.39. The van der Waals surface area contributed by atoms with Gasteiger partial charge >= 0.3 is 0 Å². The average Bonchev–Trinajstić information content (AvgIpc) is 2.78. The number of nitrogens with zero attached hydrogens (tertiary/aromatic N) is 3. The molecule has 1 aromatic heterocycles. The van der Waals surface area contributed by atoms with Crippen LogP contribution in [0, 0.1) is 0 Å². The number of hydrogen-bond acceptors (Lipinski definition) is 4. The SMILES string of the molecule is COc1cccc(-n2cnnc2CCN)c1. The number of rotatable bonds is 4. The molecule has 1 aromatic carbocycles. The van der Waals surface area contributed by atoms with Crippen molar-refractivity contribution in [3.8, 4) is 11.4 Å². The average molecular weight is 218 g/mol. The number of aromatic nitrogens is 3. The van der Waals surface area contributed by atoms with E-state index in [4.69, 9.17) is 10.5 Å². The largest absolute Gasteiger partial charge is 0.497 e. The monoisotopic (exact) mass is 218 g/mol. The van der Waals surface area contributed by atoms with Crippen molar-refractivity contribution in [2.75, 3.05) is 13.7 Å². The summed E-state index contributed by atoms with van der Waals surface area (Å²) < 4.78 is 7.09. The molecule has 1 heterocycles. The highest BCUT2D eigenvalue weighted by Gasteiger charge is 2.05. The quantitative estimate of drug-likeness (QED) is 0.823. The zero-order valence-corrected chi connectivity index (χ0v) is 9.13. The molecule has 5 nitrogen and oxygen atoms in total. The summed E-state index contributed by atoms with van der Waals surface area (Å²) in [6.45, 7) is 0.558. The Morgan fingerprint density at radius 2 is 2.31 bits per heavy atom. The second-order valence-electron chi connectivity index (χ2n) is 3.36. The molecule has 0 saturated heterocycles. The Balaban J connectivity index is 2.37. The zero-order valence-electron chi connectivity index (χ0n) is 9.13. The van der Waals surface area contributed by atoms with Crippen LogP contribution in [0.3, 0.4) is 0 Å². The van der Waals surface area contributed by atoms with Crippen molar-refractivity contribution in [3.63, 3.8) is 0 Å². The lowest BCUT2D eigenvalue weighted by Crippen LogP contribution is -2.08. The van der Waals surface area contributed by atoms with Crippen LogP contribution in [-0.4, -0.2) is 28.4 Å². The van der Waals surface area contributed by atoms with Gasteiger partial charge in [-0.05, 0) is 18.7 Å². The van der Waals surface area contributed by atoms with Gasteiger partial charge in [0.25, 0.3) is 0 Å². The number of nitrogens with two attached hydrogens (primary N) is 1. The van der Waals surface area contributed by atoms with Crippen molar-refractivity contribution in [1.82, 2.24) is 14.8 Å². The fraction of sp³-hybridized carbons (Fsp3) is 0.273. The molecule has 16 heavy (non-hydrogen) atoms. The molecule has 5 heteroatoms. The summed E-state index contributed by atoms with van der Waals surface area (Å²) in [6, 6.07) is 7.74. The topological polar surface area (TPSA) is 66.0 Å². The standard InChI is InChI=1S/C11H14N4O/c1-16-10-4-2-3-9(7-10)15-8-13-14-11(15)5-6-12/h2-4,7-8H,5-6,12H2,1H3. The van der Waals surface area contributed by atoms with E-state index in [9.17, 15) is 0 Å². The predicted molar refractivity (Wildman–Crippen MR) is 60.7 cm³/mol. The second-order valence-corrected chi connectivity index (χ2v) is 3.36. The zero-order chi connectivity index (χ0) is 11.4. The molecule has 0 spiro atoms. The van der Waals surface area contributed by atoms with Gasteiger partial charge in [0.1, 0.15) is 17.9 Å². The molecule has 0 atom stereocenters. The summed E-state index contributed by atoms with van der Waals surface area (Å²) in [7, 11) is 1.64. The smallest absolute Gasteiger partial charge is 0.138 e. The van der Waals surface area contributed by atoms with E-state index in [1.165, 1.54) is 0 Å². The summed E-state index contributed by atoms with van der Waals surface area (Å²) >= 11 is 0. The van der Waals surface area contributed by atoms with Crippen LogP contribution in [-0.2, 0) is 6.42 Å². The van der Waals surface area contributed by atoms with Crippen LogP contribution in [0.15, 0.2) is 30.6 Å². The molecule has 0 aliphatic heterocycles. The highest BCUT2D eigenvalue weighted by Crippen LogP contribution is 2.17. The first kappa shape index (κ1) is 10.6. The number of benzene rings is 1. The molecular weight excluding hydrogens is 204 g/mol. The lowest BCUT2D eigenvalue weighted by Gasteiger charge is -2.07. The molecule has 0 radical (unpaired) electrons. The first-order valence-electron chi connectivity index (χ1n) is 5.08. The molecule has 0 bridgehead atoms. The Hall–Kier alpha value is -1.88. The van der Waals surface area contributed by atoms with Gasteiger partial charge in [0.2, 0.25) is 0 Å². The van der Waals surface area contributed by atoms with E-state index < -0.39 is 0 Å². The maximum atomic E-state index is 5.52. The Labute approximate surface area is 93.9 Å². The van der Waals surface area contributed by atoms with Crippen molar-refractivity contribution in [2.45, 2.75) is 6.42 Å². The molecule has 2 N–H and O–H groups in total. The van der Waals surface area contributed by atoms with Crippen molar-refractivity contribution >= 4 is 0 Å². The highest BCUT2D eigenvalue weighted by atomic mass is 16.5. The summed E-state index contributed by atoms with van der Waals surface area (Å²) in [5.74, 6) is 1.67. The predicted octanol–water partition coefficient (Wildman–Crippen LogP) is 0.777. The number of methoxy groups -OCH3 is 1. The van der Waals surface area contributed by atoms with Gasteiger partial charge in [-0.1, -0.05) is 6.07 Å². The lowest BCUT2D eigenvalue weighted by atomic mass is 10.3. The fourth-order valence-corrected chi connectivity index (χ4v) is 1.53. The Morgan fingerprint density at radius 1 is 1.44 bits per heavy atom. The van der Waals surface area contributed by atoms with Crippen molar-refractivity contribution in [1.29, 1.82) is 0 Å². The third-order valence-electron chi connectivity index (χ3n) is 2.32. The maximum absolute atomic E-state index is 5.52. The van der Waals surface area contributed by atoms with Crippen molar-refractivity contribution in [3.05, 3.63) is 36.4 Å². The highest BCUT2D eigenvalue weighted by molar-refractivity contribution is 5.39. The maximum Gasteiger partial charge on any atom is 0.138 e. The van der Waals surface area contributed by atoms with Crippen LogP contribution in [0.25, 0.3) is 5.69 Å². The molecule has 2 rings (SSSR count). The molecule has 0 unspecified atom stereocenters. The third-order valence-corrected chi connectivity index (χ3v) is 2.32. The third kappa shape index (κ3) is 2.04. The summed E-state index contributed by atoms with van der Waals surface area (Å²) in [4.78, 5) is 0. The van der Waals surface area contributed by atoms with Crippen LogP contribution in [0.5, 0.6) is 5.75 Å². The Bertz CT molecular complexity index is 467. The van der Waals surface area contributed by atoms with Gasteiger partial charge in [0.05, 0.1) is 12.8 Å². The van der Waals surface area contributed by atoms with Gasteiger partial charge in [-0.25, -0.2) is 0 Å². The van der Waals surface area contributed by atoms with Crippen LogP contribution in [0.1, 0.15) is 5.82 Å². The van der Waals surface area contributed by atoms with Crippen molar-refractivity contribution in [2.24, 2.45) is 5.73 Å². The first-order chi connectivity index (χ1) is 7.85. The molecule has 0 saturated carbocycles. The summed E-state index contributed by atoms with van der Waals surface area (Å²) in [5, 5.41) is 7.92. The van der Waals surface area contributed by atoms with Gasteiger partial charge in [0, 0.05) is 12.5 Å². The fourth-order valence-electron chi connectivity index (χ4n) is 1.53. The molecule has 84 valence electrons. The minimum absolute atomic E-state index is 0.558. The Kier molecular flexibility index (Phi) is 3.16. The minimum atomic E-state index is 0.558. The normalized spacial score (nSPS) is 10.4. The van der Waals surface area contributed by atoms with E-state index in [0.29, 0.717) is 13.0 Å². The Morgan fingerprint density at radius 3 is 3.06 bits per heavy atom. The van der Waals surface area contributed by atoms with E-state index in [2.05, 4.69) is 10.2 Å². The minimum Gasteiger partial charge on any atom is -0.497 e. The van der Waals surface area contributed by atoms with Crippen molar-refractivity contribution < 1.29 is 4.74 Å². The first-order valence-corrected chi connectivity index (χ1v) is 5.08. The van der Waals surface area contributed by atoms with Gasteiger partial charge in [-0.2, -0.15) is 0 Å². The van der Waals surface area contributed by atoms with Crippen LogP contribution < -0.4 is 10.5 Å². The van der Waals surface area contributed by atoms with E-state index in [0.717, 1.165) is 17.3 Å².